The van der Waals surface area contributed by atoms with Gasteiger partial charge in [-0.3, -0.25) is 0 Å². The van der Waals surface area contributed by atoms with Gasteiger partial charge in [0.2, 0.25) is 0 Å². The van der Waals surface area contributed by atoms with E-state index in [2.05, 4.69) is 161 Å². The van der Waals surface area contributed by atoms with Crippen LogP contribution in [0.25, 0.3) is 71.7 Å². The van der Waals surface area contributed by atoms with Crippen molar-refractivity contribution in [2.24, 2.45) is 0 Å². The Morgan fingerprint density at radius 1 is 0.500 bits per heavy atom. The van der Waals surface area contributed by atoms with Crippen molar-refractivity contribution < 1.29 is 4.42 Å². The maximum absolute atomic E-state index is 7.05. The lowest BCUT2D eigenvalue weighted by molar-refractivity contribution is 0.662. The third kappa shape index (κ3) is 3.33. The Morgan fingerprint density at radius 3 is 1.54 bits per heavy atom. The minimum absolute atomic E-state index is 0.152. The molecule has 0 saturated heterocycles. The van der Waals surface area contributed by atoms with Crippen molar-refractivity contribution in [1.29, 1.82) is 0 Å². The van der Waals surface area contributed by atoms with Gasteiger partial charge < -0.3 is 8.98 Å². The Hall–Kier alpha value is -4.86. The quantitative estimate of drug-likeness (QED) is 0.173. The second kappa shape index (κ2) is 8.97. The van der Waals surface area contributed by atoms with Gasteiger partial charge in [0.05, 0.1) is 24.8 Å². The molecule has 2 heterocycles. The molecule has 48 heavy (non-hydrogen) atoms. The topological polar surface area (TPSA) is 18.1 Å². The number of furan rings is 1. The SMILES string of the molecule is CC1(C)c2ccccc2-c2ccc3c(c21)c1c2c(ccc1n3-c1cccc3c1oc1c([Si](C)(C)C)cccc13)-c1ccccc1C2(C)C. The van der Waals surface area contributed by atoms with Crippen LogP contribution in [-0.4, -0.2) is 12.6 Å². The summed E-state index contributed by atoms with van der Waals surface area (Å²) < 4.78 is 9.56. The van der Waals surface area contributed by atoms with Gasteiger partial charge in [0.15, 0.2) is 5.58 Å². The molecule has 8 aromatic rings. The molecule has 234 valence electrons. The number of aromatic nitrogens is 1. The number of hydrogen-bond acceptors (Lipinski definition) is 1. The van der Waals surface area contributed by atoms with Crippen molar-refractivity contribution in [3.05, 3.63) is 131 Å². The molecule has 0 atom stereocenters. The molecule has 0 N–H and O–H groups in total. The summed E-state index contributed by atoms with van der Waals surface area (Å²) in [6.07, 6.45) is 0. The summed E-state index contributed by atoms with van der Waals surface area (Å²) in [6, 6.07) is 41.0. The number of nitrogens with zero attached hydrogens (tertiary/aromatic N) is 1. The summed E-state index contributed by atoms with van der Waals surface area (Å²) in [5.74, 6) is 0. The molecule has 2 aliphatic rings. The molecule has 6 aromatic carbocycles. The summed E-state index contributed by atoms with van der Waals surface area (Å²) in [6.45, 7) is 16.9. The molecule has 0 unspecified atom stereocenters. The Bertz CT molecular complexity index is 2590. The van der Waals surface area contributed by atoms with Crippen LogP contribution in [0.3, 0.4) is 0 Å². The Morgan fingerprint density at radius 2 is 1.00 bits per heavy atom. The van der Waals surface area contributed by atoms with Crippen molar-refractivity contribution in [1.82, 2.24) is 4.57 Å². The largest absolute Gasteiger partial charge is 0.454 e. The van der Waals surface area contributed by atoms with E-state index in [1.165, 1.54) is 82.3 Å². The van der Waals surface area contributed by atoms with Crippen LogP contribution in [0.2, 0.25) is 19.6 Å². The summed E-state index contributed by atoms with van der Waals surface area (Å²) in [7, 11) is -1.65. The smallest absolute Gasteiger partial charge is 0.159 e. The lowest BCUT2D eigenvalue weighted by Gasteiger charge is -2.25. The molecule has 3 heteroatoms. The van der Waals surface area contributed by atoms with Crippen molar-refractivity contribution in [2.45, 2.75) is 58.2 Å². The molecular formula is C45H39NOSi. The normalized spacial score (nSPS) is 15.7. The lowest BCUT2D eigenvalue weighted by atomic mass is 9.77. The fraction of sp³-hybridized carbons (Fsp3) is 0.200. The highest BCUT2D eigenvalue weighted by Crippen LogP contribution is 2.58. The van der Waals surface area contributed by atoms with E-state index in [0.717, 1.165) is 16.9 Å². The van der Waals surface area contributed by atoms with Gasteiger partial charge in [0.25, 0.3) is 0 Å². The Balaban J connectivity index is 1.41. The number of benzene rings is 6. The van der Waals surface area contributed by atoms with E-state index in [9.17, 15) is 0 Å². The Kier molecular flexibility index (Phi) is 5.27. The molecule has 0 saturated carbocycles. The van der Waals surface area contributed by atoms with Crippen LogP contribution in [0, 0.1) is 0 Å². The minimum atomic E-state index is -1.65. The van der Waals surface area contributed by atoms with Crippen LogP contribution in [0.15, 0.2) is 114 Å². The number of para-hydroxylation sites is 2. The first kappa shape index (κ1) is 28.2. The molecule has 2 nitrogen and oxygen atoms in total. The minimum Gasteiger partial charge on any atom is -0.454 e. The Labute approximate surface area is 282 Å². The van der Waals surface area contributed by atoms with Crippen LogP contribution in [-0.2, 0) is 10.8 Å². The third-order valence-corrected chi connectivity index (χ3v) is 13.7. The summed E-state index contributed by atoms with van der Waals surface area (Å²) in [5.41, 5.74) is 16.4. The maximum atomic E-state index is 7.05. The predicted octanol–water partition coefficient (Wildman–Crippen LogP) is 11.8. The van der Waals surface area contributed by atoms with E-state index in [1.807, 2.05) is 0 Å². The van der Waals surface area contributed by atoms with Gasteiger partial charge >= 0.3 is 0 Å². The van der Waals surface area contributed by atoms with Gasteiger partial charge in [0.1, 0.15) is 5.58 Å². The van der Waals surface area contributed by atoms with Crippen LogP contribution in [0.1, 0.15) is 49.9 Å². The van der Waals surface area contributed by atoms with Crippen LogP contribution >= 0.6 is 0 Å². The van der Waals surface area contributed by atoms with E-state index >= 15 is 0 Å². The van der Waals surface area contributed by atoms with E-state index < -0.39 is 8.07 Å². The van der Waals surface area contributed by atoms with Crippen molar-refractivity contribution in [3.8, 4) is 27.9 Å². The highest BCUT2D eigenvalue weighted by atomic mass is 28.3. The molecule has 0 amide bonds. The van der Waals surface area contributed by atoms with Crippen molar-refractivity contribution in [3.63, 3.8) is 0 Å². The zero-order chi connectivity index (χ0) is 32.9. The average molecular weight is 638 g/mol. The fourth-order valence-corrected chi connectivity index (χ4v) is 11.0. The first-order valence-corrected chi connectivity index (χ1v) is 20.8. The third-order valence-electron chi connectivity index (χ3n) is 11.7. The molecule has 0 radical (unpaired) electrons. The second-order valence-electron chi connectivity index (χ2n) is 16.1. The average Bonchev–Trinajstić information content (AvgIpc) is 3.75. The summed E-state index contributed by atoms with van der Waals surface area (Å²) in [5, 5.41) is 6.51. The maximum Gasteiger partial charge on any atom is 0.159 e. The van der Waals surface area contributed by atoms with Gasteiger partial charge in [-0.25, -0.2) is 0 Å². The highest BCUT2D eigenvalue weighted by molar-refractivity contribution is 6.90. The van der Waals surface area contributed by atoms with Crippen LogP contribution in [0.4, 0.5) is 0 Å². The van der Waals surface area contributed by atoms with E-state index in [-0.39, 0.29) is 10.8 Å². The van der Waals surface area contributed by atoms with E-state index in [1.54, 1.807) is 0 Å². The number of fused-ring (bicyclic) bond motifs is 14. The van der Waals surface area contributed by atoms with Gasteiger partial charge in [-0.1, -0.05) is 138 Å². The standard InChI is InChI=1S/C45H39NOSi/c1-44(2)32-18-10-8-14-26(32)28-22-24-34-38(40(28)44)39-35(25-23-29-27-15-9-11-19-33(27)45(3,4)41(29)39)46(34)36-20-12-16-30-31-17-13-21-37(48(5,6)7)43(31)47-42(30)36/h8-25H,1-7H3. The molecule has 0 aliphatic heterocycles. The molecule has 2 aliphatic carbocycles. The zero-order valence-electron chi connectivity index (χ0n) is 28.7. The molecule has 0 spiro atoms. The van der Waals surface area contributed by atoms with Gasteiger partial charge in [-0.15, -0.1) is 0 Å². The molecule has 2 aromatic heterocycles. The zero-order valence-corrected chi connectivity index (χ0v) is 29.7. The van der Waals surface area contributed by atoms with E-state index in [4.69, 9.17) is 4.42 Å². The number of hydrogen-bond donors (Lipinski definition) is 0. The van der Waals surface area contributed by atoms with Gasteiger partial charge in [-0.05, 0) is 67.9 Å². The summed E-state index contributed by atoms with van der Waals surface area (Å²) >= 11 is 0. The van der Waals surface area contributed by atoms with Crippen molar-refractivity contribution >= 4 is 57.0 Å². The van der Waals surface area contributed by atoms with Crippen LogP contribution < -0.4 is 5.19 Å². The number of rotatable bonds is 2. The first-order valence-electron chi connectivity index (χ1n) is 17.3. The molecule has 10 rings (SSSR count). The van der Waals surface area contributed by atoms with Crippen LogP contribution in [0.5, 0.6) is 0 Å². The first-order chi connectivity index (χ1) is 23.0. The lowest BCUT2D eigenvalue weighted by Crippen LogP contribution is -2.37. The fourth-order valence-electron chi connectivity index (χ4n) is 9.57. The van der Waals surface area contributed by atoms with Gasteiger partial charge in [0, 0.05) is 32.4 Å². The molecule has 0 fully saturated rings. The summed E-state index contributed by atoms with van der Waals surface area (Å²) in [4.78, 5) is 0. The van der Waals surface area contributed by atoms with Crippen molar-refractivity contribution in [2.75, 3.05) is 0 Å². The highest BCUT2D eigenvalue weighted by Gasteiger charge is 2.42. The van der Waals surface area contributed by atoms with Gasteiger partial charge in [-0.2, -0.15) is 0 Å². The molecule has 0 bridgehead atoms. The van der Waals surface area contributed by atoms with E-state index in [0.29, 0.717) is 0 Å². The second-order valence-corrected chi connectivity index (χ2v) is 21.2. The molecular weight excluding hydrogens is 599 g/mol. The monoisotopic (exact) mass is 637 g/mol. The predicted molar refractivity (Wildman–Crippen MR) is 206 cm³/mol.